The molecule has 0 spiro atoms. The number of aromatic nitrogens is 2. The number of carbonyl (C=O) groups is 1. The molecule has 5 nitrogen and oxygen atoms in total. The summed E-state index contributed by atoms with van der Waals surface area (Å²) in [5, 5.41) is 11.5. The lowest BCUT2D eigenvalue weighted by molar-refractivity contribution is 0.0699. The Morgan fingerprint density at radius 2 is 1.88 bits per heavy atom. The number of H-pyrrole nitrogens is 1. The van der Waals surface area contributed by atoms with Gasteiger partial charge in [0.2, 0.25) is 0 Å². The van der Waals surface area contributed by atoms with Crippen molar-refractivity contribution in [2.45, 2.75) is 31.7 Å². The molecule has 1 saturated carbocycles. The maximum absolute atomic E-state index is 12.7. The van der Waals surface area contributed by atoms with Gasteiger partial charge in [0.1, 0.15) is 5.69 Å². The van der Waals surface area contributed by atoms with E-state index in [1.807, 2.05) is 35.2 Å². The van der Waals surface area contributed by atoms with Crippen LogP contribution in [0.25, 0.3) is 11.3 Å². The second kappa shape index (κ2) is 8.42. The number of benzene rings is 1. The molecule has 2 aromatic rings. The number of nitrogens with zero attached hydrogens (tertiary/aromatic N) is 2. The van der Waals surface area contributed by atoms with Crippen LogP contribution in [-0.4, -0.2) is 46.7 Å². The number of aromatic amines is 1. The summed E-state index contributed by atoms with van der Waals surface area (Å²) in [6.07, 6.45) is 4.80. The molecule has 1 aromatic heterocycles. The average Bonchev–Trinajstić information content (AvgIpc) is 3.35. The number of carbonyl (C=O) groups excluding carboxylic acids is 1. The molecule has 2 fully saturated rings. The van der Waals surface area contributed by atoms with E-state index in [0.29, 0.717) is 16.8 Å². The Labute approximate surface area is 164 Å². The minimum atomic E-state index is 0. The van der Waals surface area contributed by atoms with Gasteiger partial charge >= 0.3 is 0 Å². The summed E-state index contributed by atoms with van der Waals surface area (Å²) in [5.74, 6) is 0.935. The Bertz CT molecular complexity index is 734. The van der Waals surface area contributed by atoms with Gasteiger partial charge in [-0.3, -0.25) is 9.89 Å². The average molecular weight is 395 g/mol. The fourth-order valence-corrected chi connectivity index (χ4v) is 3.44. The first-order valence-electron chi connectivity index (χ1n) is 9.03. The molecule has 26 heavy (non-hydrogen) atoms. The van der Waals surface area contributed by atoms with E-state index in [9.17, 15) is 4.79 Å². The monoisotopic (exact) mass is 394 g/mol. The Kier molecular flexibility index (Phi) is 6.22. The fourth-order valence-electron chi connectivity index (χ4n) is 3.31. The van der Waals surface area contributed by atoms with Crippen molar-refractivity contribution in [3.63, 3.8) is 0 Å². The van der Waals surface area contributed by atoms with Gasteiger partial charge in [0.25, 0.3) is 5.91 Å². The number of rotatable bonds is 5. The topological polar surface area (TPSA) is 61.0 Å². The molecule has 0 atom stereocenters. The normalized spacial score (nSPS) is 17.8. The van der Waals surface area contributed by atoms with Gasteiger partial charge in [0.15, 0.2) is 0 Å². The van der Waals surface area contributed by atoms with Crippen LogP contribution in [0.15, 0.2) is 30.3 Å². The van der Waals surface area contributed by atoms with Crippen molar-refractivity contribution >= 4 is 29.9 Å². The van der Waals surface area contributed by atoms with E-state index < -0.39 is 0 Å². The van der Waals surface area contributed by atoms with Crippen LogP contribution in [0.1, 0.15) is 36.2 Å². The summed E-state index contributed by atoms with van der Waals surface area (Å²) in [5.41, 5.74) is 2.26. The van der Waals surface area contributed by atoms with Crippen molar-refractivity contribution in [1.82, 2.24) is 20.4 Å². The highest BCUT2D eigenvalue weighted by Gasteiger charge is 2.27. The Balaban J connectivity index is 0.00000196. The number of likely N-dealkylation sites (tertiary alicyclic amines) is 1. The van der Waals surface area contributed by atoms with Crippen LogP contribution < -0.4 is 5.32 Å². The van der Waals surface area contributed by atoms with Crippen LogP contribution >= 0.6 is 24.0 Å². The minimum Gasteiger partial charge on any atom is -0.337 e. The third-order valence-electron chi connectivity index (χ3n) is 5.12. The van der Waals surface area contributed by atoms with Crippen molar-refractivity contribution in [2.24, 2.45) is 5.92 Å². The molecule has 7 heteroatoms. The van der Waals surface area contributed by atoms with Crippen LogP contribution in [0.3, 0.4) is 0 Å². The predicted molar refractivity (Wildman–Crippen MR) is 106 cm³/mol. The molecule has 0 radical (unpaired) electrons. The van der Waals surface area contributed by atoms with E-state index in [1.54, 1.807) is 0 Å². The zero-order chi connectivity index (χ0) is 17.2. The molecule has 1 amide bonds. The van der Waals surface area contributed by atoms with Gasteiger partial charge in [-0.15, -0.1) is 12.4 Å². The van der Waals surface area contributed by atoms with Gasteiger partial charge in [-0.05, 0) is 56.3 Å². The lowest BCUT2D eigenvalue weighted by Crippen LogP contribution is -2.45. The van der Waals surface area contributed by atoms with E-state index in [0.717, 1.165) is 49.7 Å². The number of amides is 1. The lowest BCUT2D eigenvalue weighted by Gasteiger charge is -2.32. The second-order valence-electron chi connectivity index (χ2n) is 7.09. The molecular formula is C19H24Cl2N4O. The van der Waals surface area contributed by atoms with Crippen molar-refractivity contribution in [3.05, 3.63) is 41.0 Å². The zero-order valence-corrected chi connectivity index (χ0v) is 16.2. The van der Waals surface area contributed by atoms with E-state index in [1.165, 1.54) is 12.8 Å². The molecule has 1 aromatic carbocycles. The highest BCUT2D eigenvalue weighted by molar-refractivity contribution is 6.30. The Morgan fingerprint density at radius 3 is 2.54 bits per heavy atom. The van der Waals surface area contributed by atoms with E-state index in [4.69, 9.17) is 11.6 Å². The molecule has 1 aliphatic heterocycles. The van der Waals surface area contributed by atoms with Gasteiger partial charge < -0.3 is 10.2 Å². The summed E-state index contributed by atoms with van der Waals surface area (Å²) < 4.78 is 0. The van der Waals surface area contributed by atoms with Crippen LogP contribution in [0.4, 0.5) is 0 Å². The van der Waals surface area contributed by atoms with Crippen LogP contribution in [0, 0.1) is 5.92 Å². The number of hydrogen-bond donors (Lipinski definition) is 2. The summed E-state index contributed by atoms with van der Waals surface area (Å²) in [4.78, 5) is 14.6. The Morgan fingerprint density at radius 1 is 1.19 bits per heavy atom. The highest BCUT2D eigenvalue weighted by Crippen LogP contribution is 2.28. The summed E-state index contributed by atoms with van der Waals surface area (Å²) >= 11 is 5.92. The molecule has 1 aliphatic carbocycles. The standard InChI is InChI=1S/C19H23ClN4O.ClH/c20-15-5-3-14(4-6-15)17-11-18(23-22-17)19(25)24-9-7-16(8-10-24)21-12-13-1-2-13;/h3-6,11,13,16,21H,1-2,7-10,12H2,(H,22,23);1H. The van der Waals surface area contributed by atoms with Crippen molar-refractivity contribution in [3.8, 4) is 11.3 Å². The van der Waals surface area contributed by atoms with Crippen LogP contribution in [-0.2, 0) is 0 Å². The van der Waals surface area contributed by atoms with E-state index in [-0.39, 0.29) is 18.3 Å². The Hall–Kier alpha value is -1.56. The number of piperidine rings is 1. The number of halogens is 2. The molecule has 4 rings (SSSR count). The summed E-state index contributed by atoms with van der Waals surface area (Å²) in [7, 11) is 0. The molecule has 2 aliphatic rings. The first-order chi connectivity index (χ1) is 12.2. The third-order valence-corrected chi connectivity index (χ3v) is 5.37. The second-order valence-corrected chi connectivity index (χ2v) is 7.53. The largest absolute Gasteiger partial charge is 0.337 e. The third kappa shape index (κ3) is 4.58. The van der Waals surface area contributed by atoms with Crippen molar-refractivity contribution in [1.29, 1.82) is 0 Å². The number of nitrogens with one attached hydrogen (secondary N) is 2. The SMILES string of the molecule is Cl.O=C(c1cc(-c2ccc(Cl)cc2)n[nH]1)N1CCC(NCC2CC2)CC1. The fraction of sp³-hybridized carbons (Fsp3) is 0.474. The number of hydrogen-bond acceptors (Lipinski definition) is 3. The van der Waals surface area contributed by atoms with E-state index >= 15 is 0 Å². The molecule has 1 saturated heterocycles. The van der Waals surface area contributed by atoms with Crippen LogP contribution in [0.5, 0.6) is 0 Å². The van der Waals surface area contributed by atoms with Gasteiger partial charge in [0, 0.05) is 29.7 Å². The molecule has 0 unspecified atom stereocenters. The first-order valence-corrected chi connectivity index (χ1v) is 9.41. The predicted octanol–water partition coefficient (Wildman–Crippen LogP) is 3.76. The molecule has 140 valence electrons. The first kappa shape index (κ1) is 19.2. The molecular weight excluding hydrogens is 371 g/mol. The quantitative estimate of drug-likeness (QED) is 0.811. The van der Waals surface area contributed by atoms with Crippen LogP contribution in [0.2, 0.25) is 5.02 Å². The lowest BCUT2D eigenvalue weighted by atomic mass is 10.0. The molecule has 2 N–H and O–H groups in total. The minimum absolute atomic E-state index is 0. The summed E-state index contributed by atoms with van der Waals surface area (Å²) in [6, 6.07) is 9.84. The smallest absolute Gasteiger partial charge is 0.271 e. The van der Waals surface area contributed by atoms with Gasteiger partial charge in [-0.1, -0.05) is 23.7 Å². The van der Waals surface area contributed by atoms with Crippen molar-refractivity contribution < 1.29 is 4.79 Å². The van der Waals surface area contributed by atoms with Gasteiger partial charge in [-0.25, -0.2) is 0 Å². The van der Waals surface area contributed by atoms with Gasteiger partial charge in [-0.2, -0.15) is 5.10 Å². The molecule has 2 heterocycles. The van der Waals surface area contributed by atoms with E-state index in [2.05, 4.69) is 15.5 Å². The maximum atomic E-state index is 12.7. The molecule has 0 bridgehead atoms. The van der Waals surface area contributed by atoms with Crippen molar-refractivity contribution in [2.75, 3.05) is 19.6 Å². The highest BCUT2D eigenvalue weighted by atomic mass is 35.5. The zero-order valence-electron chi connectivity index (χ0n) is 14.6. The maximum Gasteiger partial charge on any atom is 0.271 e. The summed E-state index contributed by atoms with van der Waals surface area (Å²) in [6.45, 7) is 2.75. The van der Waals surface area contributed by atoms with Gasteiger partial charge in [0.05, 0.1) is 5.69 Å².